The maximum absolute atomic E-state index is 13.4. The minimum absolute atomic E-state index is 0.174. The smallest absolute Gasteiger partial charge is 0.123 e. The number of hydroxylamine groups is 2. The fraction of sp³-hybridized carbons (Fsp3) is 0.467. The third-order valence-electron chi connectivity index (χ3n) is 3.42. The van der Waals surface area contributed by atoms with Crippen LogP contribution in [0.15, 0.2) is 23.9 Å². The molecule has 1 aliphatic rings. The predicted octanol–water partition coefficient (Wildman–Crippen LogP) is 3.95. The van der Waals surface area contributed by atoms with E-state index >= 15 is 0 Å². The molecule has 0 unspecified atom stereocenters. The molecule has 0 saturated heterocycles. The molecule has 1 aromatic rings. The Morgan fingerprint density at radius 1 is 1.39 bits per heavy atom. The van der Waals surface area contributed by atoms with Crippen LogP contribution in [0.2, 0.25) is 0 Å². The summed E-state index contributed by atoms with van der Waals surface area (Å²) in [5, 5.41) is 1.89. The first kappa shape index (κ1) is 13.1. The molecule has 0 spiro atoms. The van der Waals surface area contributed by atoms with Gasteiger partial charge in [-0.1, -0.05) is 19.9 Å². The van der Waals surface area contributed by atoms with Crippen LogP contribution in [0, 0.1) is 5.82 Å². The lowest BCUT2D eigenvalue weighted by atomic mass is 9.92. The number of halogens is 1. The summed E-state index contributed by atoms with van der Waals surface area (Å²) in [5.41, 5.74) is 4.46. The van der Waals surface area contributed by atoms with Gasteiger partial charge in [-0.3, -0.25) is 9.90 Å². The molecule has 0 fully saturated rings. The predicted molar refractivity (Wildman–Crippen MR) is 71.4 cm³/mol. The molecule has 3 heteroatoms. The number of allylic oxidation sites excluding steroid dienone is 1. The first-order chi connectivity index (χ1) is 8.54. The Labute approximate surface area is 108 Å². The average Bonchev–Trinajstić information content (AvgIpc) is 2.70. The van der Waals surface area contributed by atoms with Gasteiger partial charge >= 0.3 is 0 Å². The molecule has 1 heterocycles. The second-order valence-electron chi connectivity index (χ2n) is 4.92. The molecule has 1 aliphatic heterocycles. The number of rotatable bonds is 3. The van der Waals surface area contributed by atoms with Crippen molar-refractivity contribution in [3.05, 3.63) is 40.8 Å². The molecule has 2 nitrogen and oxygen atoms in total. The third kappa shape index (κ3) is 2.27. The van der Waals surface area contributed by atoms with E-state index in [9.17, 15) is 4.39 Å². The van der Waals surface area contributed by atoms with E-state index in [1.165, 1.54) is 11.6 Å². The molecule has 0 saturated carbocycles. The summed E-state index contributed by atoms with van der Waals surface area (Å²) < 4.78 is 13.4. The van der Waals surface area contributed by atoms with Crippen LogP contribution < -0.4 is 0 Å². The second-order valence-corrected chi connectivity index (χ2v) is 4.92. The van der Waals surface area contributed by atoms with E-state index in [-0.39, 0.29) is 5.82 Å². The average molecular weight is 249 g/mol. The summed E-state index contributed by atoms with van der Waals surface area (Å²) in [6.07, 6.45) is 0. The summed E-state index contributed by atoms with van der Waals surface area (Å²) in [4.78, 5) is 5.61. The molecule has 0 aliphatic carbocycles. The van der Waals surface area contributed by atoms with Crippen molar-refractivity contribution >= 4 is 5.57 Å². The highest BCUT2D eigenvalue weighted by Crippen LogP contribution is 2.33. The highest BCUT2D eigenvalue weighted by molar-refractivity contribution is 5.72. The van der Waals surface area contributed by atoms with Crippen molar-refractivity contribution in [1.29, 1.82) is 0 Å². The van der Waals surface area contributed by atoms with Crippen molar-refractivity contribution in [1.82, 2.24) is 5.06 Å². The van der Waals surface area contributed by atoms with Gasteiger partial charge in [-0.15, -0.1) is 0 Å². The minimum atomic E-state index is -0.174. The van der Waals surface area contributed by atoms with Gasteiger partial charge < -0.3 is 0 Å². The standard InChI is InChI=1S/C15H20FNO/c1-5-17-11(4)15(9-18-17)13-7-6-12(16)8-14(13)10(2)3/h6-8,10H,5,9H2,1-4H3. The molecule has 0 atom stereocenters. The van der Waals surface area contributed by atoms with Crippen LogP contribution in [0.5, 0.6) is 0 Å². The molecular formula is C15H20FNO. The zero-order valence-electron chi connectivity index (χ0n) is 11.5. The van der Waals surface area contributed by atoms with Crippen LogP contribution in [0.1, 0.15) is 44.7 Å². The monoisotopic (exact) mass is 249 g/mol. The highest BCUT2D eigenvalue weighted by Gasteiger charge is 2.22. The molecule has 98 valence electrons. The zero-order chi connectivity index (χ0) is 13.3. The van der Waals surface area contributed by atoms with Gasteiger partial charge in [-0.05, 0) is 43.0 Å². The van der Waals surface area contributed by atoms with Crippen LogP contribution in [0.3, 0.4) is 0 Å². The van der Waals surface area contributed by atoms with Crippen LogP contribution in [0.4, 0.5) is 4.39 Å². The van der Waals surface area contributed by atoms with Gasteiger partial charge in [0.15, 0.2) is 0 Å². The van der Waals surface area contributed by atoms with Crippen LogP contribution in [0.25, 0.3) is 5.57 Å². The second kappa shape index (κ2) is 5.11. The number of benzene rings is 1. The lowest BCUT2D eigenvalue weighted by Gasteiger charge is -2.16. The Kier molecular flexibility index (Phi) is 3.71. The number of hydrogen-bond donors (Lipinski definition) is 0. The van der Waals surface area contributed by atoms with Gasteiger partial charge in [0.1, 0.15) is 12.4 Å². The molecule has 0 radical (unpaired) electrons. The van der Waals surface area contributed by atoms with Crippen LogP contribution in [-0.4, -0.2) is 18.2 Å². The van der Waals surface area contributed by atoms with E-state index in [1.54, 1.807) is 6.07 Å². The summed E-state index contributed by atoms with van der Waals surface area (Å²) in [6.45, 7) is 9.68. The Morgan fingerprint density at radius 3 is 2.67 bits per heavy atom. The molecule has 0 amide bonds. The first-order valence-electron chi connectivity index (χ1n) is 6.44. The van der Waals surface area contributed by atoms with Crippen molar-refractivity contribution < 1.29 is 9.23 Å². The van der Waals surface area contributed by atoms with Crippen molar-refractivity contribution in [3.63, 3.8) is 0 Å². The SMILES string of the molecule is CCN1OCC(c2ccc(F)cc2C(C)C)=C1C. The van der Waals surface area contributed by atoms with Crippen LogP contribution >= 0.6 is 0 Å². The van der Waals surface area contributed by atoms with Crippen molar-refractivity contribution in [2.75, 3.05) is 13.2 Å². The van der Waals surface area contributed by atoms with Crippen LogP contribution in [-0.2, 0) is 4.84 Å². The Balaban J connectivity index is 2.49. The van der Waals surface area contributed by atoms with E-state index in [2.05, 4.69) is 27.7 Å². The third-order valence-corrected chi connectivity index (χ3v) is 3.42. The lowest BCUT2D eigenvalue weighted by Crippen LogP contribution is -2.15. The molecule has 0 bridgehead atoms. The highest BCUT2D eigenvalue weighted by atomic mass is 19.1. The van der Waals surface area contributed by atoms with Gasteiger partial charge in [0.05, 0.1) is 0 Å². The summed E-state index contributed by atoms with van der Waals surface area (Å²) in [7, 11) is 0. The number of hydrogen-bond acceptors (Lipinski definition) is 2. The Morgan fingerprint density at radius 2 is 2.11 bits per heavy atom. The molecule has 2 rings (SSSR count). The van der Waals surface area contributed by atoms with Gasteiger partial charge in [-0.25, -0.2) is 4.39 Å². The summed E-state index contributed by atoms with van der Waals surface area (Å²) in [6, 6.07) is 5.02. The Hall–Kier alpha value is -1.35. The van der Waals surface area contributed by atoms with Gasteiger partial charge in [0, 0.05) is 17.8 Å². The molecular weight excluding hydrogens is 229 g/mol. The number of nitrogens with zero attached hydrogens (tertiary/aromatic N) is 1. The fourth-order valence-electron chi connectivity index (χ4n) is 2.38. The van der Waals surface area contributed by atoms with E-state index in [0.717, 1.165) is 23.4 Å². The topological polar surface area (TPSA) is 12.5 Å². The normalized spacial score (nSPS) is 16.0. The Bertz CT molecular complexity index is 479. The van der Waals surface area contributed by atoms with E-state index in [0.29, 0.717) is 12.5 Å². The van der Waals surface area contributed by atoms with E-state index in [1.807, 2.05) is 11.1 Å². The molecule has 0 aromatic heterocycles. The van der Waals surface area contributed by atoms with Crippen molar-refractivity contribution in [2.24, 2.45) is 0 Å². The van der Waals surface area contributed by atoms with Gasteiger partial charge in [0.2, 0.25) is 0 Å². The quantitative estimate of drug-likeness (QED) is 0.804. The summed E-state index contributed by atoms with van der Waals surface area (Å²) in [5.74, 6) is 0.124. The molecule has 18 heavy (non-hydrogen) atoms. The lowest BCUT2D eigenvalue weighted by molar-refractivity contribution is -0.0945. The maximum Gasteiger partial charge on any atom is 0.123 e. The first-order valence-corrected chi connectivity index (χ1v) is 6.44. The molecule has 0 N–H and O–H groups in total. The largest absolute Gasteiger partial charge is 0.269 e. The maximum atomic E-state index is 13.4. The van der Waals surface area contributed by atoms with E-state index in [4.69, 9.17) is 4.84 Å². The molecule has 1 aromatic carbocycles. The van der Waals surface area contributed by atoms with Gasteiger partial charge in [0.25, 0.3) is 0 Å². The summed E-state index contributed by atoms with van der Waals surface area (Å²) >= 11 is 0. The van der Waals surface area contributed by atoms with Crippen molar-refractivity contribution in [2.45, 2.75) is 33.6 Å². The fourth-order valence-corrected chi connectivity index (χ4v) is 2.38. The zero-order valence-corrected chi connectivity index (χ0v) is 11.5. The van der Waals surface area contributed by atoms with E-state index < -0.39 is 0 Å². The van der Waals surface area contributed by atoms with Gasteiger partial charge in [-0.2, -0.15) is 0 Å². The van der Waals surface area contributed by atoms with Crippen molar-refractivity contribution in [3.8, 4) is 0 Å². The minimum Gasteiger partial charge on any atom is -0.269 e.